The zero-order valence-electron chi connectivity index (χ0n) is 11.8. The predicted molar refractivity (Wildman–Crippen MR) is 75.9 cm³/mol. The number of nitrogens with one attached hydrogen (secondary N) is 2. The highest BCUT2D eigenvalue weighted by molar-refractivity contribution is 5.78. The summed E-state index contributed by atoms with van der Waals surface area (Å²) in [6.45, 7) is 6.19. The maximum atomic E-state index is 12.0. The monoisotopic (exact) mass is 261 g/mol. The number of carbonyl (C=O) groups is 1. The molecule has 0 bridgehead atoms. The second kappa shape index (κ2) is 6.66. The van der Waals surface area contributed by atoms with Crippen molar-refractivity contribution in [1.82, 2.24) is 15.6 Å². The lowest BCUT2D eigenvalue weighted by Gasteiger charge is -2.29. The number of nitrogens with zero attached hydrogens (tertiary/aromatic N) is 1. The van der Waals surface area contributed by atoms with E-state index in [2.05, 4.69) is 22.5 Å². The minimum absolute atomic E-state index is 0.0693. The van der Waals surface area contributed by atoms with Crippen LogP contribution in [0.5, 0.6) is 0 Å². The fourth-order valence-electron chi connectivity index (χ4n) is 2.58. The first-order chi connectivity index (χ1) is 9.16. The molecule has 2 rings (SSSR count). The van der Waals surface area contributed by atoms with Gasteiger partial charge in [-0.05, 0) is 57.3 Å². The number of amides is 1. The van der Waals surface area contributed by atoms with Crippen LogP contribution in [-0.4, -0.2) is 30.0 Å². The Labute approximate surface area is 115 Å². The molecule has 0 aromatic carbocycles. The average molecular weight is 261 g/mol. The molecule has 1 aromatic heterocycles. The molecular formula is C15H23N3O. The van der Waals surface area contributed by atoms with Crippen molar-refractivity contribution in [2.24, 2.45) is 5.92 Å². The first kappa shape index (κ1) is 14.0. The number of hydrogen-bond donors (Lipinski definition) is 2. The minimum atomic E-state index is 0.0693. The van der Waals surface area contributed by atoms with E-state index in [0.29, 0.717) is 12.3 Å². The topological polar surface area (TPSA) is 54.0 Å². The summed E-state index contributed by atoms with van der Waals surface area (Å²) in [7, 11) is 0. The first-order valence-corrected chi connectivity index (χ1v) is 7.07. The third kappa shape index (κ3) is 4.03. The highest BCUT2D eigenvalue weighted by atomic mass is 16.1. The van der Waals surface area contributed by atoms with Crippen LogP contribution in [0.25, 0.3) is 0 Å². The molecule has 1 fully saturated rings. The summed E-state index contributed by atoms with van der Waals surface area (Å²) in [6, 6.07) is 4.11. The minimum Gasteiger partial charge on any atom is -0.353 e. The molecule has 19 heavy (non-hydrogen) atoms. The molecule has 1 amide bonds. The van der Waals surface area contributed by atoms with Crippen molar-refractivity contribution in [3.05, 3.63) is 29.6 Å². The quantitative estimate of drug-likeness (QED) is 0.862. The molecule has 4 nitrogen and oxygen atoms in total. The fraction of sp³-hybridized carbons (Fsp3) is 0.600. The molecule has 1 aliphatic heterocycles. The standard InChI is InChI=1S/C15H23N3O/c1-11-5-3-8-17-14(11)9-15(19)18-12(2)13-6-4-7-16-10-13/h3,5,8,12-13,16H,4,6-7,9-10H2,1-2H3,(H,18,19). The van der Waals surface area contributed by atoms with Crippen LogP contribution in [-0.2, 0) is 11.2 Å². The number of aryl methyl sites for hydroxylation is 1. The molecule has 2 atom stereocenters. The zero-order valence-corrected chi connectivity index (χ0v) is 11.8. The van der Waals surface area contributed by atoms with Crippen molar-refractivity contribution >= 4 is 5.91 Å². The van der Waals surface area contributed by atoms with Crippen molar-refractivity contribution < 1.29 is 4.79 Å². The lowest BCUT2D eigenvalue weighted by molar-refractivity contribution is -0.121. The van der Waals surface area contributed by atoms with Crippen LogP contribution < -0.4 is 10.6 Å². The van der Waals surface area contributed by atoms with Gasteiger partial charge in [-0.25, -0.2) is 0 Å². The van der Waals surface area contributed by atoms with Crippen LogP contribution in [0.1, 0.15) is 31.0 Å². The smallest absolute Gasteiger partial charge is 0.226 e. The van der Waals surface area contributed by atoms with E-state index in [1.54, 1.807) is 6.20 Å². The predicted octanol–water partition coefficient (Wildman–Crippen LogP) is 1.44. The Kier molecular flexibility index (Phi) is 4.91. The van der Waals surface area contributed by atoms with E-state index in [4.69, 9.17) is 0 Å². The van der Waals surface area contributed by atoms with Gasteiger partial charge >= 0.3 is 0 Å². The van der Waals surface area contributed by atoms with Gasteiger partial charge in [0.2, 0.25) is 5.91 Å². The molecule has 2 unspecified atom stereocenters. The number of carbonyl (C=O) groups excluding carboxylic acids is 1. The summed E-state index contributed by atoms with van der Waals surface area (Å²) in [4.78, 5) is 16.3. The average Bonchev–Trinajstić information content (AvgIpc) is 2.42. The largest absolute Gasteiger partial charge is 0.353 e. The van der Waals surface area contributed by atoms with Gasteiger partial charge in [-0.15, -0.1) is 0 Å². The molecule has 0 spiro atoms. The van der Waals surface area contributed by atoms with Crippen molar-refractivity contribution in [1.29, 1.82) is 0 Å². The van der Waals surface area contributed by atoms with Crippen LogP contribution in [0, 0.1) is 12.8 Å². The highest BCUT2D eigenvalue weighted by Gasteiger charge is 2.21. The molecule has 1 aromatic rings. The van der Waals surface area contributed by atoms with E-state index in [-0.39, 0.29) is 11.9 Å². The molecule has 2 N–H and O–H groups in total. The van der Waals surface area contributed by atoms with Gasteiger partial charge in [0, 0.05) is 12.2 Å². The van der Waals surface area contributed by atoms with Gasteiger partial charge in [-0.3, -0.25) is 9.78 Å². The van der Waals surface area contributed by atoms with Gasteiger partial charge < -0.3 is 10.6 Å². The van der Waals surface area contributed by atoms with Gasteiger partial charge in [0.05, 0.1) is 12.1 Å². The molecule has 0 radical (unpaired) electrons. The highest BCUT2D eigenvalue weighted by Crippen LogP contribution is 2.14. The summed E-state index contributed by atoms with van der Waals surface area (Å²) in [5, 5.41) is 6.49. The van der Waals surface area contributed by atoms with Gasteiger partial charge in [0.15, 0.2) is 0 Å². The van der Waals surface area contributed by atoms with Crippen molar-refractivity contribution in [3.63, 3.8) is 0 Å². The van der Waals surface area contributed by atoms with Crippen LogP contribution in [0.2, 0.25) is 0 Å². The summed E-state index contributed by atoms with van der Waals surface area (Å²) in [6.07, 6.45) is 4.50. The Hall–Kier alpha value is -1.42. The number of pyridine rings is 1. The SMILES string of the molecule is Cc1cccnc1CC(=O)NC(C)C1CCCNC1. The Bertz CT molecular complexity index is 427. The first-order valence-electron chi connectivity index (χ1n) is 7.07. The van der Waals surface area contributed by atoms with Crippen molar-refractivity contribution in [2.45, 2.75) is 39.2 Å². The third-order valence-electron chi connectivity index (χ3n) is 3.88. The van der Waals surface area contributed by atoms with E-state index in [1.165, 1.54) is 12.8 Å². The summed E-state index contributed by atoms with van der Waals surface area (Å²) in [5.74, 6) is 0.613. The molecule has 1 aliphatic rings. The lowest BCUT2D eigenvalue weighted by Crippen LogP contribution is -2.45. The number of piperidine rings is 1. The van der Waals surface area contributed by atoms with E-state index < -0.39 is 0 Å². The maximum absolute atomic E-state index is 12.0. The maximum Gasteiger partial charge on any atom is 0.226 e. The Morgan fingerprint density at radius 3 is 3.16 bits per heavy atom. The fourth-order valence-corrected chi connectivity index (χ4v) is 2.58. The van der Waals surface area contributed by atoms with E-state index in [1.807, 2.05) is 19.1 Å². The van der Waals surface area contributed by atoms with E-state index in [9.17, 15) is 4.79 Å². The second-order valence-electron chi connectivity index (χ2n) is 5.41. The van der Waals surface area contributed by atoms with Gasteiger partial charge in [0.1, 0.15) is 0 Å². The Balaban J connectivity index is 1.85. The Morgan fingerprint density at radius 2 is 2.47 bits per heavy atom. The lowest BCUT2D eigenvalue weighted by atomic mass is 9.92. The molecule has 4 heteroatoms. The van der Waals surface area contributed by atoms with Crippen LogP contribution >= 0.6 is 0 Å². The van der Waals surface area contributed by atoms with E-state index >= 15 is 0 Å². The Morgan fingerprint density at radius 1 is 1.63 bits per heavy atom. The molecule has 2 heterocycles. The number of aromatic nitrogens is 1. The summed E-state index contributed by atoms with van der Waals surface area (Å²) < 4.78 is 0. The molecule has 0 aliphatic carbocycles. The third-order valence-corrected chi connectivity index (χ3v) is 3.88. The number of rotatable bonds is 4. The molecule has 104 valence electrons. The van der Waals surface area contributed by atoms with Crippen molar-refractivity contribution in [2.75, 3.05) is 13.1 Å². The van der Waals surface area contributed by atoms with Crippen LogP contribution in [0.3, 0.4) is 0 Å². The summed E-state index contributed by atoms with van der Waals surface area (Å²) >= 11 is 0. The van der Waals surface area contributed by atoms with Crippen molar-refractivity contribution in [3.8, 4) is 0 Å². The second-order valence-corrected chi connectivity index (χ2v) is 5.41. The normalized spacial score (nSPS) is 20.8. The molecular weight excluding hydrogens is 238 g/mol. The van der Waals surface area contributed by atoms with Gasteiger partial charge in [0.25, 0.3) is 0 Å². The van der Waals surface area contributed by atoms with Crippen LogP contribution in [0.15, 0.2) is 18.3 Å². The molecule has 1 saturated heterocycles. The molecule has 0 saturated carbocycles. The van der Waals surface area contributed by atoms with E-state index in [0.717, 1.165) is 24.3 Å². The van der Waals surface area contributed by atoms with Gasteiger partial charge in [-0.1, -0.05) is 6.07 Å². The van der Waals surface area contributed by atoms with Gasteiger partial charge in [-0.2, -0.15) is 0 Å². The number of hydrogen-bond acceptors (Lipinski definition) is 3. The zero-order chi connectivity index (χ0) is 13.7. The van der Waals surface area contributed by atoms with Crippen LogP contribution in [0.4, 0.5) is 0 Å². The summed E-state index contributed by atoms with van der Waals surface area (Å²) in [5.41, 5.74) is 1.94.